The lowest BCUT2D eigenvalue weighted by Gasteiger charge is -2.18. The highest BCUT2D eigenvalue weighted by molar-refractivity contribution is 9.10. The molecule has 146 valence electrons. The van der Waals surface area contributed by atoms with Crippen molar-refractivity contribution >= 4 is 39.2 Å². The van der Waals surface area contributed by atoms with E-state index in [1.54, 1.807) is 60.7 Å². The molecule has 7 nitrogen and oxygen atoms in total. The summed E-state index contributed by atoms with van der Waals surface area (Å²) in [5.41, 5.74) is 1.01. The van der Waals surface area contributed by atoms with Crippen LogP contribution in [-0.4, -0.2) is 16.8 Å². The number of hydrogen-bond donors (Lipinski definition) is 1. The summed E-state index contributed by atoms with van der Waals surface area (Å²) in [5, 5.41) is 13.5. The number of esters is 1. The van der Waals surface area contributed by atoms with Crippen molar-refractivity contribution in [3.63, 3.8) is 0 Å². The predicted octanol–water partition coefficient (Wildman–Crippen LogP) is 4.89. The summed E-state index contributed by atoms with van der Waals surface area (Å²) >= 11 is 3.21. The SMILES string of the molecule is O=C(O[C@H](C(=O)Nc1ccc([N+](=O)[O-])cc1Br)c1ccccc1)c1ccccc1. The minimum absolute atomic E-state index is 0.120. The van der Waals surface area contributed by atoms with Gasteiger partial charge in [0, 0.05) is 22.2 Å². The van der Waals surface area contributed by atoms with E-state index in [-0.39, 0.29) is 5.69 Å². The van der Waals surface area contributed by atoms with Crippen molar-refractivity contribution in [3.05, 3.63) is 105 Å². The molecule has 3 aromatic rings. The van der Waals surface area contributed by atoms with Gasteiger partial charge in [0.15, 0.2) is 0 Å². The van der Waals surface area contributed by atoms with Crippen LogP contribution in [-0.2, 0) is 9.53 Å². The van der Waals surface area contributed by atoms with Crippen LogP contribution in [0.15, 0.2) is 83.3 Å². The van der Waals surface area contributed by atoms with Gasteiger partial charge in [-0.3, -0.25) is 14.9 Å². The van der Waals surface area contributed by atoms with E-state index in [2.05, 4.69) is 21.2 Å². The van der Waals surface area contributed by atoms with E-state index in [0.29, 0.717) is 21.3 Å². The van der Waals surface area contributed by atoms with Crippen molar-refractivity contribution in [1.29, 1.82) is 0 Å². The fourth-order valence-corrected chi connectivity index (χ4v) is 3.03. The Morgan fingerprint density at radius 1 is 0.966 bits per heavy atom. The summed E-state index contributed by atoms with van der Waals surface area (Å²) in [6, 6.07) is 20.9. The summed E-state index contributed by atoms with van der Waals surface area (Å²) < 4.78 is 5.82. The molecule has 0 aliphatic rings. The molecule has 0 bridgehead atoms. The zero-order valence-corrected chi connectivity index (χ0v) is 16.5. The third kappa shape index (κ3) is 5.05. The van der Waals surface area contributed by atoms with E-state index >= 15 is 0 Å². The first-order valence-electron chi connectivity index (χ1n) is 8.51. The quantitative estimate of drug-likeness (QED) is 0.324. The molecule has 0 fully saturated rings. The Balaban J connectivity index is 1.85. The van der Waals surface area contributed by atoms with Crippen LogP contribution in [0.4, 0.5) is 11.4 Å². The number of rotatable bonds is 6. The van der Waals surface area contributed by atoms with Gasteiger partial charge in [-0.1, -0.05) is 48.5 Å². The number of hydrogen-bond acceptors (Lipinski definition) is 5. The third-order valence-electron chi connectivity index (χ3n) is 4.00. The second kappa shape index (κ2) is 9.11. The number of halogens is 1. The van der Waals surface area contributed by atoms with Gasteiger partial charge in [-0.15, -0.1) is 0 Å². The van der Waals surface area contributed by atoms with Crippen LogP contribution in [0.3, 0.4) is 0 Å². The van der Waals surface area contributed by atoms with Crippen molar-refractivity contribution in [2.45, 2.75) is 6.10 Å². The maximum absolute atomic E-state index is 12.9. The number of carbonyl (C=O) groups excluding carboxylic acids is 2. The van der Waals surface area contributed by atoms with E-state index in [0.717, 1.165) is 0 Å². The van der Waals surface area contributed by atoms with Crippen molar-refractivity contribution in [3.8, 4) is 0 Å². The molecule has 0 saturated heterocycles. The van der Waals surface area contributed by atoms with Crippen LogP contribution in [0.2, 0.25) is 0 Å². The maximum atomic E-state index is 12.9. The number of amides is 1. The largest absolute Gasteiger partial charge is 0.444 e. The van der Waals surface area contributed by atoms with Gasteiger partial charge in [0.25, 0.3) is 11.6 Å². The number of benzene rings is 3. The second-order valence-corrected chi connectivity index (χ2v) is 6.83. The first-order valence-corrected chi connectivity index (χ1v) is 9.31. The molecule has 0 radical (unpaired) electrons. The fourth-order valence-electron chi connectivity index (χ4n) is 2.57. The summed E-state index contributed by atoms with van der Waals surface area (Å²) in [5.74, 6) is -1.23. The number of carbonyl (C=O) groups is 2. The average molecular weight is 455 g/mol. The van der Waals surface area contributed by atoms with Gasteiger partial charge >= 0.3 is 5.97 Å². The molecule has 0 aromatic heterocycles. The lowest BCUT2D eigenvalue weighted by Crippen LogP contribution is -2.26. The average Bonchev–Trinajstić information content (AvgIpc) is 2.74. The maximum Gasteiger partial charge on any atom is 0.339 e. The highest BCUT2D eigenvalue weighted by Crippen LogP contribution is 2.29. The van der Waals surface area contributed by atoms with E-state index in [1.165, 1.54) is 18.2 Å². The molecular formula is C21H15BrN2O5. The van der Waals surface area contributed by atoms with Crippen LogP contribution < -0.4 is 5.32 Å². The van der Waals surface area contributed by atoms with Crippen molar-refractivity contribution < 1.29 is 19.2 Å². The standard InChI is InChI=1S/C21H15BrN2O5/c22-17-13-16(24(27)28)11-12-18(17)23-20(25)19(14-7-3-1-4-8-14)29-21(26)15-9-5-2-6-10-15/h1-13,19H,(H,23,25)/t19-/m0/s1. The second-order valence-electron chi connectivity index (χ2n) is 5.97. The predicted molar refractivity (Wildman–Crippen MR) is 110 cm³/mol. The van der Waals surface area contributed by atoms with Crippen molar-refractivity contribution in [2.75, 3.05) is 5.32 Å². The van der Waals surface area contributed by atoms with Gasteiger partial charge in [-0.05, 0) is 34.1 Å². The number of ether oxygens (including phenoxy) is 1. The Morgan fingerprint density at radius 3 is 2.17 bits per heavy atom. The lowest BCUT2D eigenvalue weighted by atomic mass is 10.1. The molecule has 1 atom stereocenters. The smallest absolute Gasteiger partial charge is 0.339 e. The van der Waals surface area contributed by atoms with Gasteiger partial charge in [-0.25, -0.2) is 4.79 Å². The Labute approximate surface area is 174 Å². The molecular weight excluding hydrogens is 440 g/mol. The molecule has 0 saturated carbocycles. The number of nitro benzene ring substituents is 1. The van der Waals surface area contributed by atoms with Gasteiger partial charge in [0.1, 0.15) is 0 Å². The molecule has 3 aromatic carbocycles. The summed E-state index contributed by atoms with van der Waals surface area (Å²) in [4.78, 5) is 35.7. The Bertz CT molecular complexity index is 1040. The minimum Gasteiger partial charge on any atom is -0.444 e. The number of nitrogens with zero attached hydrogens (tertiary/aromatic N) is 1. The Morgan fingerprint density at radius 2 is 1.59 bits per heavy atom. The normalized spacial score (nSPS) is 11.3. The van der Waals surface area contributed by atoms with E-state index < -0.39 is 22.9 Å². The van der Waals surface area contributed by atoms with E-state index in [9.17, 15) is 19.7 Å². The molecule has 29 heavy (non-hydrogen) atoms. The van der Waals surface area contributed by atoms with Crippen molar-refractivity contribution in [1.82, 2.24) is 0 Å². The fraction of sp³-hybridized carbons (Fsp3) is 0.0476. The molecule has 0 spiro atoms. The molecule has 8 heteroatoms. The minimum atomic E-state index is -1.20. The first-order chi connectivity index (χ1) is 14.0. The van der Waals surface area contributed by atoms with E-state index in [4.69, 9.17) is 4.74 Å². The number of anilines is 1. The summed E-state index contributed by atoms with van der Waals surface area (Å²) in [7, 11) is 0. The van der Waals surface area contributed by atoms with Crippen LogP contribution in [0.5, 0.6) is 0 Å². The molecule has 1 amide bonds. The zero-order chi connectivity index (χ0) is 20.8. The molecule has 0 heterocycles. The van der Waals surface area contributed by atoms with E-state index in [1.807, 2.05) is 0 Å². The van der Waals surface area contributed by atoms with Crippen LogP contribution in [0, 0.1) is 10.1 Å². The molecule has 1 N–H and O–H groups in total. The molecule has 0 aliphatic heterocycles. The number of nitro groups is 1. The lowest BCUT2D eigenvalue weighted by molar-refractivity contribution is -0.384. The first kappa shape index (κ1) is 20.2. The van der Waals surface area contributed by atoms with Crippen LogP contribution in [0.25, 0.3) is 0 Å². The highest BCUT2D eigenvalue weighted by Gasteiger charge is 2.26. The van der Waals surface area contributed by atoms with Gasteiger partial charge in [0.05, 0.1) is 16.2 Å². The molecule has 0 aliphatic carbocycles. The van der Waals surface area contributed by atoms with Crippen LogP contribution >= 0.6 is 15.9 Å². The third-order valence-corrected chi connectivity index (χ3v) is 4.65. The molecule has 0 unspecified atom stereocenters. The van der Waals surface area contributed by atoms with Gasteiger partial charge in [0.2, 0.25) is 6.10 Å². The Hall–Kier alpha value is -3.52. The van der Waals surface area contributed by atoms with Crippen LogP contribution in [0.1, 0.15) is 22.0 Å². The zero-order valence-electron chi connectivity index (χ0n) is 14.9. The van der Waals surface area contributed by atoms with Gasteiger partial charge in [-0.2, -0.15) is 0 Å². The summed E-state index contributed by atoms with van der Waals surface area (Å²) in [6.45, 7) is 0. The van der Waals surface area contributed by atoms with Gasteiger partial charge < -0.3 is 10.1 Å². The monoisotopic (exact) mass is 454 g/mol. The molecule has 3 rings (SSSR count). The Kier molecular flexibility index (Phi) is 6.36. The highest BCUT2D eigenvalue weighted by atomic mass is 79.9. The van der Waals surface area contributed by atoms with Crippen molar-refractivity contribution in [2.24, 2.45) is 0 Å². The summed E-state index contributed by atoms with van der Waals surface area (Å²) in [6.07, 6.45) is -1.20. The number of nitrogens with one attached hydrogen (secondary N) is 1. The topological polar surface area (TPSA) is 98.5 Å². The number of non-ortho nitro benzene ring substituents is 1.